The van der Waals surface area contributed by atoms with Gasteiger partial charge >= 0.3 is 0 Å². The first kappa shape index (κ1) is 17.7. The maximum absolute atomic E-state index is 13.2. The molecule has 0 amide bonds. The zero-order chi connectivity index (χ0) is 17.9. The maximum Gasteiger partial charge on any atom is 0.190 e. The van der Waals surface area contributed by atoms with Crippen LogP contribution >= 0.6 is 0 Å². The van der Waals surface area contributed by atoms with Gasteiger partial charge in [0.2, 0.25) is 0 Å². The highest BCUT2D eigenvalue weighted by Gasteiger charge is 2.51. The largest absolute Gasteiger partial charge is 0.395 e. The molecule has 2 atom stereocenters. The number of hydrogen-bond donors (Lipinski definition) is 3. The van der Waals surface area contributed by atoms with E-state index in [-0.39, 0.29) is 24.2 Å². The van der Waals surface area contributed by atoms with Crippen LogP contribution in [0.5, 0.6) is 0 Å². The lowest BCUT2D eigenvalue weighted by molar-refractivity contribution is 0.0768. The predicted octanol–water partition coefficient (Wildman–Crippen LogP) is 1.50. The van der Waals surface area contributed by atoms with E-state index in [1.807, 2.05) is 19.1 Å². The molecule has 3 N–H and O–H groups in total. The lowest BCUT2D eigenvalue weighted by atomic mass is 9.62. The van der Waals surface area contributed by atoms with E-state index < -0.39 is 5.41 Å². The van der Waals surface area contributed by atoms with Crippen molar-refractivity contribution in [3.05, 3.63) is 59.2 Å². The summed E-state index contributed by atoms with van der Waals surface area (Å²) in [5.41, 5.74) is 0.700. The second kappa shape index (κ2) is 7.44. The van der Waals surface area contributed by atoms with Crippen molar-refractivity contribution in [2.45, 2.75) is 19.4 Å². The van der Waals surface area contributed by atoms with E-state index in [0.29, 0.717) is 23.2 Å². The van der Waals surface area contributed by atoms with Crippen LogP contribution in [0.1, 0.15) is 34.1 Å². The molecule has 1 aromatic rings. The van der Waals surface area contributed by atoms with Gasteiger partial charge in [0.1, 0.15) is 0 Å². The quantitative estimate of drug-likeness (QED) is 0.656. The lowest BCUT2D eigenvalue weighted by Crippen LogP contribution is -2.53. The van der Waals surface area contributed by atoms with Gasteiger partial charge in [-0.05, 0) is 26.4 Å². The summed E-state index contributed by atoms with van der Waals surface area (Å²) in [5, 5.41) is 15.3. The third-order valence-electron chi connectivity index (χ3n) is 5.06. The molecule has 0 radical (unpaired) electrons. The van der Waals surface area contributed by atoms with E-state index in [4.69, 9.17) is 5.11 Å². The molecular weight excluding hydrogens is 316 g/mol. The van der Waals surface area contributed by atoms with Crippen LogP contribution in [-0.4, -0.2) is 49.0 Å². The minimum Gasteiger partial charge on any atom is -0.395 e. The maximum atomic E-state index is 13.2. The van der Waals surface area contributed by atoms with E-state index >= 15 is 0 Å². The van der Waals surface area contributed by atoms with Gasteiger partial charge in [-0.15, -0.1) is 0 Å². The third-order valence-corrected chi connectivity index (χ3v) is 5.06. The summed E-state index contributed by atoms with van der Waals surface area (Å²) in [6.07, 6.45) is 6.47. The number of carbonyl (C=O) groups is 2. The second-order valence-electron chi connectivity index (χ2n) is 6.63. The van der Waals surface area contributed by atoms with Crippen LogP contribution in [0.4, 0.5) is 0 Å². The van der Waals surface area contributed by atoms with Crippen molar-refractivity contribution in [1.82, 2.24) is 10.6 Å². The zero-order valence-corrected chi connectivity index (χ0v) is 14.4. The molecule has 0 aliphatic heterocycles. The first-order valence-electron chi connectivity index (χ1n) is 8.73. The number of carbonyl (C=O) groups excluding carboxylic acids is 2. The number of hydrogen-bond acceptors (Lipinski definition) is 5. The summed E-state index contributed by atoms with van der Waals surface area (Å²) in [6, 6.07) is 6.85. The van der Waals surface area contributed by atoms with Crippen LogP contribution in [0.2, 0.25) is 0 Å². The highest BCUT2D eigenvalue weighted by atomic mass is 16.3. The standard InChI is InChI=1S/C20H24N2O3/c1-20-16(18(24)14-6-2-3-7-15(14)19(20)25)8-4-9-17(20)22-11-5-10-21-12-13-23/h2-4,6-9,17,21-23H,5,10-13H2,1H3/t17?,20-/m1/s1. The Morgan fingerprint density at radius 3 is 2.64 bits per heavy atom. The molecule has 0 saturated carbocycles. The average Bonchev–Trinajstić information content (AvgIpc) is 2.63. The van der Waals surface area contributed by atoms with E-state index in [1.165, 1.54) is 0 Å². The Kier molecular flexibility index (Phi) is 5.27. The van der Waals surface area contributed by atoms with Crippen molar-refractivity contribution in [1.29, 1.82) is 0 Å². The van der Waals surface area contributed by atoms with Crippen LogP contribution in [0.3, 0.4) is 0 Å². The van der Waals surface area contributed by atoms with Crippen LogP contribution in [0, 0.1) is 5.41 Å². The van der Waals surface area contributed by atoms with Crippen molar-refractivity contribution in [2.75, 3.05) is 26.2 Å². The molecule has 3 rings (SSSR count). The molecule has 132 valence electrons. The molecule has 0 spiro atoms. The van der Waals surface area contributed by atoms with Crippen molar-refractivity contribution >= 4 is 11.6 Å². The van der Waals surface area contributed by atoms with Gasteiger partial charge in [0, 0.05) is 29.3 Å². The topological polar surface area (TPSA) is 78.4 Å². The molecule has 5 heteroatoms. The minimum atomic E-state index is -0.876. The Labute approximate surface area is 147 Å². The van der Waals surface area contributed by atoms with Crippen molar-refractivity contribution < 1.29 is 14.7 Å². The summed E-state index contributed by atoms with van der Waals surface area (Å²) < 4.78 is 0. The highest BCUT2D eigenvalue weighted by molar-refractivity contribution is 6.25. The molecule has 0 aromatic heterocycles. The van der Waals surface area contributed by atoms with Gasteiger partial charge in [0.15, 0.2) is 11.6 Å². The Morgan fingerprint density at radius 1 is 1.12 bits per heavy atom. The Balaban J connectivity index is 1.78. The fraction of sp³-hybridized carbons (Fsp3) is 0.400. The molecule has 0 bridgehead atoms. The first-order chi connectivity index (χ1) is 12.1. The molecule has 1 unspecified atom stereocenters. The van der Waals surface area contributed by atoms with Gasteiger partial charge < -0.3 is 15.7 Å². The molecule has 2 aliphatic carbocycles. The molecule has 0 saturated heterocycles. The summed E-state index contributed by atoms with van der Waals surface area (Å²) >= 11 is 0. The molecular formula is C20H24N2O3. The Bertz CT molecular complexity index is 738. The number of benzene rings is 1. The van der Waals surface area contributed by atoms with Gasteiger partial charge in [-0.3, -0.25) is 9.59 Å². The predicted molar refractivity (Wildman–Crippen MR) is 96.8 cm³/mol. The average molecular weight is 340 g/mol. The van der Waals surface area contributed by atoms with Gasteiger partial charge in [-0.2, -0.15) is 0 Å². The molecule has 2 aliphatic rings. The Morgan fingerprint density at radius 2 is 1.88 bits per heavy atom. The first-order valence-corrected chi connectivity index (χ1v) is 8.73. The van der Waals surface area contributed by atoms with Crippen LogP contribution < -0.4 is 10.6 Å². The fourth-order valence-electron chi connectivity index (χ4n) is 3.62. The van der Waals surface area contributed by atoms with Crippen LogP contribution in [-0.2, 0) is 0 Å². The zero-order valence-electron chi connectivity index (χ0n) is 14.4. The van der Waals surface area contributed by atoms with Crippen molar-refractivity contribution in [3.8, 4) is 0 Å². The van der Waals surface area contributed by atoms with E-state index in [0.717, 1.165) is 19.5 Å². The third kappa shape index (κ3) is 3.11. The van der Waals surface area contributed by atoms with Gasteiger partial charge in [0.25, 0.3) is 0 Å². The molecule has 25 heavy (non-hydrogen) atoms. The summed E-state index contributed by atoms with van der Waals surface area (Å²) in [6.45, 7) is 4.08. The Hall–Kier alpha value is -2.08. The molecule has 5 nitrogen and oxygen atoms in total. The van der Waals surface area contributed by atoms with Crippen molar-refractivity contribution in [2.24, 2.45) is 5.41 Å². The van der Waals surface area contributed by atoms with Crippen molar-refractivity contribution in [3.63, 3.8) is 0 Å². The number of allylic oxidation sites excluding steroid dienone is 2. The lowest BCUT2D eigenvalue weighted by Gasteiger charge is -2.41. The normalized spacial score (nSPS) is 24.7. The van der Waals surface area contributed by atoms with Crippen LogP contribution in [0.25, 0.3) is 0 Å². The molecule has 0 fully saturated rings. The smallest absolute Gasteiger partial charge is 0.190 e. The second-order valence-corrected chi connectivity index (χ2v) is 6.63. The van der Waals surface area contributed by atoms with Gasteiger partial charge in [-0.1, -0.05) is 42.5 Å². The number of nitrogens with one attached hydrogen (secondary N) is 2. The summed E-state index contributed by atoms with van der Waals surface area (Å²) in [7, 11) is 0. The monoisotopic (exact) mass is 340 g/mol. The number of ketones is 2. The number of Topliss-reactive ketones (excluding diaryl/α,β-unsaturated/α-hetero) is 2. The molecule has 0 heterocycles. The fourth-order valence-corrected chi connectivity index (χ4v) is 3.62. The van der Waals surface area contributed by atoms with Crippen LogP contribution in [0.15, 0.2) is 48.1 Å². The van der Waals surface area contributed by atoms with Gasteiger partial charge in [0.05, 0.1) is 12.0 Å². The number of rotatable bonds is 7. The van der Waals surface area contributed by atoms with E-state index in [1.54, 1.807) is 30.3 Å². The van der Waals surface area contributed by atoms with E-state index in [9.17, 15) is 9.59 Å². The SMILES string of the molecule is C[C@@]12C(=O)c3ccccc3C(=O)C1=CC=CC2NCCCNCCO. The highest BCUT2D eigenvalue weighted by Crippen LogP contribution is 2.44. The minimum absolute atomic E-state index is 0.00537. The summed E-state index contributed by atoms with van der Waals surface area (Å²) in [4.78, 5) is 26.1. The summed E-state index contributed by atoms with van der Waals surface area (Å²) in [5.74, 6) is -0.0623. The number of aliphatic hydroxyl groups excluding tert-OH is 1. The van der Waals surface area contributed by atoms with E-state index in [2.05, 4.69) is 10.6 Å². The van der Waals surface area contributed by atoms with Gasteiger partial charge in [-0.25, -0.2) is 0 Å². The number of fused-ring (bicyclic) bond motifs is 2. The number of aliphatic hydroxyl groups is 1. The molecule has 1 aromatic carbocycles.